The number of rotatable bonds is 3. The van der Waals surface area contributed by atoms with Crippen LogP contribution < -0.4 is 4.74 Å². The number of carbonyl (C=O) groups is 1. The summed E-state index contributed by atoms with van der Waals surface area (Å²) in [4.78, 5) is 13.4. The number of likely N-dealkylation sites (tertiary alicyclic amines) is 1. The van der Waals surface area contributed by atoms with Crippen LogP contribution in [0.2, 0.25) is 0 Å². The Morgan fingerprint density at radius 2 is 2.41 bits per heavy atom. The molecule has 0 unspecified atom stereocenters. The summed E-state index contributed by atoms with van der Waals surface area (Å²) in [5.41, 5.74) is 1.10. The standard InChI is InChI=1S/C13H17NO3/c1-10-3-2-4-12(7-10)17-9-13(16)14-6-5-11(15)8-14/h2-4,7,11,15H,5-6,8-9H2,1H3/t11-/m1/s1. The second kappa shape index (κ2) is 5.19. The van der Waals surface area contributed by atoms with Crippen molar-refractivity contribution in [3.8, 4) is 5.75 Å². The summed E-state index contributed by atoms with van der Waals surface area (Å²) in [5, 5.41) is 9.34. The average molecular weight is 235 g/mol. The maximum absolute atomic E-state index is 11.7. The highest BCUT2D eigenvalue weighted by molar-refractivity contribution is 5.78. The highest BCUT2D eigenvalue weighted by atomic mass is 16.5. The fourth-order valence-electron chi connectivity index (χ4n) is 1.91. The van der Waals surface area contributed by atoms with Crippen molar-refractivity contribution in [1.82, 2.24) is 4.90 Å². The number of benzene rings is 1. The molecule has 1 aliphatic heterocycles. The molecule has 0 aromatic heterocycles. The Morgan fingerprint density at radius 1 is 1.59 bits per heavy atom. The molecule has 1 aliphatic rings. The number of nitrogens with zero attached hydrogens (tertiary/aromatic N) is 1. The van der Waals surface area contributed by atoms with Crippen LogP contribution in [0.1, 0.15) is 12.0 Å². The molecule has 0 aliphatic carbocycles. The molecule has 1 aromatic carbocycles. The maximum atomic E-state index is 11.7. The van der Waals surface area contributed by atoms with Gasteiger partial charge in [0.05, 0.1) is 6.10 Å². The molecule has 1 amide bonds. The Hall–Kier alpha value is -1.55. The van der Waals surface area contributed by atoms with Crippen molar-refractivity contribution in [3.05, 3.63) is 29.8 Å². The SMILES string of the molecule is Cc1cccc(OCC(=O)N2CC[C@@H](O)C2)c1. The van der Waals surface area contributed by atoms with Crippen LogP contribution in [0, 0.1) is 6.92 Å². The zero-order valence-electron chi connectivity index (χ0n) is 9.93. The van der Waals surface area contributed by atoms with Gasteiger partial charge in [-0.25, -0.2) is 0 Å². The van der Waals surface area contributed by atoms with E-state index < -0.39 is 0 Å². The van der Waals surface area contributed by atoms with Crippen LogP contribution in [0.3, 0.4) is 0 Å². The largest absolute Gasteiger partial charge is 0.484 e. The van der Waals surface area contributed by atoms with Gasteiger partial charge in [-0.3, -0.25) is 4.79 Å². The van der Waals surface area contributed by atoms with Gasteiger partial charge in [-0.1, -0.05) is 12.1 Å². The van der Waals surface area contributed by atoms with E-state index in [1.165, 1.54) is 0 Å². The molecule has 0 bridgehead atoms. The van der Waals surface area contributed by atoms with Gasteiger partial charge in [0.15, 0.2) is 6.61 Å². The number of aryl methyl sites for hydroxylation is 1. The molecule has 1 saturated heterocycles. The van der Waals surface area contributed by atoms with Crippen molar-refractivity contribution < 1.29 is 14.6 Å². The van der Waals surface area contributed by atoms with E-state index in [9.17, 15) is 9.90 Å². The third-order valence-corrected chi connectivity index (χ3v) is 2.87. The zero-order chi connectivity index (χ0) is 12.3. The highest BCUT2D eigenvalue weighted by Crippen LogP contribution is 2.13. The number of aliphatic hydroxyl groups excluding tert-OH is 1. The van der Waals surface area contributed by atoms with Gasteiger partial charge in [-0.15, -0.1) is 0 Å². The summed E-state index contributed by atoms with van der Waals surface area (Å²) < 4.78 is 5.42. The van der Waals surface area contributed by atoms with Gasteiger partial charge in [0.25, 0.3) is 5.91 Å². The van der Waals surface area contributed by atoms with Crippen molar-refractivity contribution in [3.63, 3.8) is 0 Å². The first-order chi connectivity index (χ1) is 8.15. The quantitative estimate of drug-likeness (QED) is 0.849. The lowest BCUT2D eigenvalue weighted by molar-refractivity contribution is -0.132. The van der Waals surface area contributed by atoms with E-state index in [0.717, 1.165) is 5.56 Å². The van der Waals surface area contributed by atoms with Crippen LogP contribution in [0.4, 0.5) is 0 Å². The van der Waals surface area contributed by atoms with E-state index in [1.807, 2.05) is 31.2 Å². The Balaban J connectivity index is 1.84. The molecular weight excluding hydrogens is 218 g/mol. The molecule has 0 saturated carbocycles. The highest BCUT2D eigenvalue weighted by Gasteiger charge is 2.24. The van der Waals surface area contributed by atoms with Gasteiger partial charge in [-0.05, 0) is 31.0 Å². The smallest absolute Gasteiger partial charge is 0.260 e. The first kappa shape index (κ1) is 11.9. The van der Waals surface area contributed by atoms with E-state index in [0.29, 0.717) is 25.3 Å². The van der Waals surface area contributed by atoms with Crippen molar-refractivity contribution in [1.29, 1.82) is 0 Å². The molecule has 2 rings (SSSR count). The second-order valence-electron chi connectivity index (χ2n) is 4.39. The summed E-state index contributed by atoms with van der Waals surface area (Å²) in [6.45, 7) is 3.06. The number of aliphatic hydroxyl groups is 1. The van der Waals surface area contributed by atoms with Crippen LogP contribution in [-0.2, 0) is 4.79 Å². The molecule has 0 radical (unpaired) electrons. The molecule has 1 atom stereocenters. The van der Waals surface area contributed by atoms with Gasteiger partial charge >= 0.3 is 0 Å². The Labute approximate surface area is 101 Å². The number of hydrogen-bond acceptors (Lipinski definition) is 3. The van der Waals surface area contributed by atoms with E-state index in [-0.39, 0.29) is 18.6 Å². The Kier molecular flexibility index (Phi) is 3.64. The van der Waals surface area contributed by atoms with Gasteiger partial charge < -0.3 is 14.7 Å². The minimum atomic E-state index is -0.377. The van der Waals surface area contributed by atoms with Crippen molar-refractivity contribution in [2.45, 2.75) is 19.4 Å². The normalized spacial score (nSPS) is 19.4. The summed E-state index contributed by atoms with van der Waals surface area (Å²) in [6.07, 6.45) is 0.286. The summed E-state index contributed by atoms with van der Waals surface area (Å²) in [7, 11) is 0. The lowest BCUT2D eigenvalue weighted by Gasteiger charge is -2.15. The molecule has 1 fully saturated rings. The molecule has 1 N–H and O–H groups in total. The van der Waals surface area contributed by atoms with Crippen LogP contribution in [0.5, 0.6) is 5.75 Å². The topological polar surface area (TPSA) is 49.8 Å². The second-order valence-corrected chi connectivity index (χ2v) is 4.39. The number of β-amino-alcohol motifs (C(OH)–C–C–N with tert-alkyl or cyclic N) is 1. The van der Waals surface area contributed by atoms with E-state index in [1.54, 1.807) is 4.90 Å². The van der Waals surface area contributed by atoms with Gasteiger partial charge in [0.1, 0.15) is 5.75 Å². The fourth-order valence-corrected chi connectivity index (χ4v) is 1.91. The predicted molar refractivity (Wildman–Crippen MR) is 63.9 cm³/mol. The molecule has 92 valence electrons. The lowest BCUT2D eigenvalue weighted by Crippen LogP contribution is -2.33. The minimum Gasteiger partial charge on any atom is -0.484 e. The van der Waals surface area contributed by atoms with E-state index >= 15 is 0 Å². The number of amides is 1. The van der Waals surface area contributed by atoms with E-state index in [2.05, 4.69) is 0 Å². The number of ether oxygens (including phenoxy) is 1. The Morgan fingerprint density at radius 3 is 3.06 bits per heavy atom. The third kappa shape index (κ3) is 3.20. The lowest BCUT2D eigenvalue weighted by atomic mass is 10.2. The number of carbonyl (C=O) groups excluding carboxylic acids is 1. The summed E-state index contributed by atoms with van der Waals surface area (Å²) in [5.74, 6) is 0.640. The van der Waals surface area contributed by atoms with Crippen LogP contribution in [-0.4, -0.2) is 41.7 Å². The first-order valence-electron chi connectivity index (χ1n) is 5.80. The molecule has 4 nitrogen and oxygen atoms in total. The molecule has 1 aromatic rings. The summed E-state index contributed by atoms with van der Waals surface area (Å²) in [6, 6.07) is 7.60. The first-order valence-corrected chi connectivity index (χ1v) is 5.80. The van der Waals surface area contributed by atoms with Crippen molar-refractivity contribution >= 4 is 5.91 Å². The molecule has 0 spiro atoms. The van der Waals surface area contributed by atoms with Crippen LogP contribution in [0.15, 0.2) is 24.3 Å². The van der Waals surface area contributed by atoms with Gasteiger partial charge in [0.2, 0.25) is 0 Å². The average Bonchev–Trinajstić information content (AvgIpc) is 2.73. The minimum absolute atomic E-state index is 0.0379. The van der Waals surface area contributed by atoms with Gasteiger partial charge in [-0.2, -0.15) is 0 Å². The number of hydrogen-bond donors (Lipinski definition) is 1. The van der Waals surface area contributed by atoms with Crippen molar-refractivity contribution in [2.24, 2.45) is 0 Å². The van der Waals surface area contributed by atoms with Gasteiger partial charge in [0, 0.05) is 13.1 Å². The Bertz CT molecular complexity index is 405. The van der Waals surface area contributed by atoms with Crippen LogP contribution >= 0.6 is 0 Å². The van der Waals surface area contributed by atoms with Crippen LogP contribution in [0.25, 0.3) is 0 Å². The molecule has 1 heterocycles. The summed E-state index contributed by atoms with van der Waals surface area (Å²) >= 11 is 0. The monoisotopic (exact) mass is 235 g/mol. The predicted octanol–water partition coefficient (Wildman–Crippen LogP) is 0.967. The van der Waals surface area contributed by atoms with Crippen molar-refractivity contribution in [2.75, 3.05) is 19.7 Å². The molecular formula is C13H17NO3. The fraction of sp³-hybridized carbons (Fsp3) is 0.462. The molecule has 17 heavy (non-hydrogen) atoms. The molecule has 4 heteroatoms. The van der Waals surface area contributed by atoms with E-state index in [4.69, 9.17) is 4.74 Å². The third-order valence-electron chi connectivity index (χ3n) is 2.87. The maximum Gasteiger partial charge on any atom is 0.260 e. The zero-order valence-corrected chi connectivity index (χ0v) is 9.93.